The minimum absolute atomic E-state index is 0.0849. The number of rotatable bonds is 6. The van der Waals surface area contributed by atoms with E-state index in [-0.39, 0.29) is 40.3 Å². The Morgan fingerprint density at radius 3 is 2.34 bits per heavy atom. The maximum atomic E-state index is 13.0. The van der Waals surface area contributed by atoms with E-state index in [9.17, 15) is 37.0 Å². The quantitative estimate of drug-likeness (QED) is 0.421. The van der Waals surface area contributed by atoms with Gasteiger partial charge in [-0.3, -0.25) is 9.78 Å². The number of β-amino-alcohol motifs (C(OH)–C–C–N with tert-alkyl or cyclic N) is 1. The molecular formula is C19H14Cl2F2N4O7S. The van der Waals surface area contributed by atoms with Gasteiger partial charge >= 0.3 is 5.69 Å². The third-order valence-corrected chi connectivity index (χ3v) is 7.31. The van der Waals surface area contributed by atoms with Crippen molar-refractivity contribution in [2.24, 2.45) is 0 Å². The van der Waals surface area contributed by atoms with E-state index < -0.39 is 50.1 Å². The molecule has 16 heteroatoms. The first-order valence-corrected chi connectivity index (χ1v) is 11.8. The number of sulfonamides is 1. The van der Waals surface area contributed by atoms with Crippen molar-refractivity contribution in [1.29, 1.82) is 0 Å². The fourth-order valence-corrected chi connectivity index (χ4v) is 5.30. The van der Waals surface area contributed by atoms with Gasteiger partial charge in [0.25, 0.3) is 12.0 Å². The Balaban J connectivity index is 1.69. The van der Waals surface area contributed by atoms with Crippen molar-refractivity contribution in [1.82, 2.24) is 19.1 Å². The van der Waals surface area contributed by atoms with Crippen molar-refractivity contribution in [3.05, 3.63) is 66.9 Å². The molecule has 1 aliphatic rings. The molecule has 0 radical (unpaired) electrons. The summed E-state index contributed by atoms with van der Waals surface area (Å²) < 4.78 is 58.4. The van der Waals surface area contributed by atoms with Crippen LogP contribution in [-0.4, -0.2) is 56.9 Å². The third kappa shape index (κ3) is 4.75. The number of ether oxygens (including phenoxy) is 1. The van der Waals surface area contributed by atoms with E-state index in [1.165, 1.54) is 6.07 Å². The zero-order chi connectivity index (χ0) is 25.7. The highest BCUT2D eigenvalue weighted by molar-refractivity contribution is 7.89. The van der Waals surface area contributed by atoms with Gasteiger partial charge in [-0.25, -0.2) is 22.0 Å². The second-order valence-corrected chi connectivity index (χ2v) is 10.0. The maximum Gasteiger partial charge on any atom is 0.349 e. The lowest BCUT2D eigenvalue weighted by molar-refractivity contribution is 0.0547. The smallest absolute Gasteiger partial charge is 0.349 e. The SMILES string of the molecule is O=c1[nH]c(=O)n(-c2cc(Cl)c(Oc3ccc(O)c(S(=O)(=O)N4CC(O)C4)c3)c(Cl)c2)nc1C(F)F. The number of alkyl halides is 2. The molecule has 0 atom stereocenters. The van der Waals surface area contributed by atoms with E-state index in [2.05, 4.69) is 5.10 Å². The molecule has 3 aromatic rings. The predicted molar refractivity (Wildman–Crippen MR) is 118 cm³/mol. The Morgan fingerprint density at radius 1 is 1.14 bits per heavy atom. The van der Waals surface area contributed by atoms with Gasteiger partial charge in [-0.2, -0.15) is 14.1 Å². The monoisotopic (exact) mass is 550 g/mol. The topological polar surface area (TPSA) is 155 Å². The van der Waals surface area contributed by atoms with Crippen molar-refractivity contribution in [3.63, 3.8) is 0 Å². The van der Waals surface area contributed by atoms with Crippen LogP contribution in [0.4, 0.5) is 8.78 Å². The lowest BCUT2D eigenvalue weighted by Crippen LogP contribution is -2.53. The molecule has 0 spiro atoms. The van der Waals surface area contributed by atoms with Gasteiger partial charge in [0.2, 0.25) is 10.0 Å². The number of hydrogen-bond acceptors (Lipinski definition) is 8. The number of phenolic OH excluding ortho intramolecular Hbond substituents is 1. The molecule has 11 nitrogen and oxygen atoms in total. The van der Waals surface area contributed by atoms with E-state index in [0.717, 1.165) is 28.6 Å². The molecule has 0 amide bonds. The standard InChI is InChI=1S/C19H14Cl2F2N4O7S/c20-11-3-8(27-19(31)24-18(30)15(25-27)17(22)23)4-12(21)16(11)34-10-1-2-13(29)14(5-10)35(32,33)26-6-9(28)7-26/h1-5,9,17,28-29H,6-7H2,(H,24,30,31). The van der Waals surface area contributed by atoms with Crippen LogP contribution in [0.25, 0.3) is 5.69 Å². The Labute approximate surface area is 204 Å². The lowest BCUT2D eigenvalue weighted by Gasteiger charge is -2.34. The Hall–Kier alpha value is -3.04. The normalized spacial score (nSPS) is 14.8. The van der Waals surface area contributed by atoms with Gasteiger partial charge in [-0.1, -0.05) is 23.2 Å². The number of aromatic amines is 1. The first kappa shape index (κ1) is 25.1. The van der Waals surface area contributed by atoms with Crippen LogP contribution >= 0.6 is 23.2 Å². The summed E-state index contributed by atoms with van der Waals surface area (Å²) in [4.78, 5) is 24.8. The van der Waals surface area contributed by atoms with E-state index >= 15 is 0 Å². The molecule has 0 unspecified atom stereocenters. The second kappa shape index (κ2) is 9.20. The molecule has 1 saturated heterocycles. The van der Waals surface area contributed by atoms with Crippen LogP contribution < -0.4 is 16.0 Å². The van der Waals surface area contributed by atoms with E-state index in [4.69, 9.17) is 27.9 Å². The Morgan fingerprint density at radius 2 is 1.77 bits per heavy atom. The first-order chi connectivity index (χ1) is 16.4. The summed E-state index contributed by atoms with van der Waals surface area (Å²) in [6.45, 7) is -0.255. The number of halogens is 4. The average Bonchev–Trinajstić information content (AvgIpc) is 2.74. The summed E-state index contributed by atoms with van der Waals surface area (Å²) in [6, 6.07) is 5.54. The number of aliphatic hydroxyl groups is 1. The molecule has 1 aliphatic heterocycles. The van der Waals surface area contributed by atoms with Crippen molar-refractivity contribution in [2.75, 3.05) is 13.1 Å². The number of nitrogens with zero attached hydrogens (tertiary/aromatic N) is 3. The second-order valence-electron chi connectivity index (χ2n) is 7.30. The third-order valence-electron chi connectivity index (χ3n) is 4.89. The number of aliphatic hydroxyl groups excluding tert-OH is 1. The number of phenols is 1. The molecular weight excluding hydrogens is 537 g/mol. The first-order valence-electron chi connectivity index (χ1n) is 9.58. The summed E-state index contributed by atoms with van der Waals surface area (Å²) in [5, 5.41) is 22.4. The molecule has 0 bridgehead atoms. The molecule has 1 aromatic heterocycles. The molecule has 3 N–H and O–H groups in total. The molecule has 2 heterocycles. The van der Waals surface area contributed by atoms with Crippen molar-refractivity contribution in [2.45, 2.75) is 17.4 Å². The highest BCUT2D eigenvalue weighted by Crippen LogP contribution is 2.40. The number of benzene rings is 2. The molecule has 4 rings (SSSR count). The van der Waals surface area contributed by atoms with Crippen LogP contribution in [0.3, 0.4) is 0 Å². The molecule has 35 heavy (non-hydrogen) atoms. The van der Waals surface area contributed by atoms with Crippen LogP contribution in [-0.2, 0) is 10.0 Å². The summed E-state index contributed by atoms with van der Waals surface area (Å²) in [7, 11) is -4.12. The fraction of sp³-hybridized carbons (Fsp3) is 0.211. The molecule has 2 aromatic carbocycles. The van der Waals surface area contributed by atoms with Gasteiger partial charge in [0.1, 0.15) is 16.4 Å². The van der Waals surface area contributed by atoms with Gasteiger partial charge in [-0.15, -0.1) is 0 Å². The van der Waals surface area contributed by atoms with Gasteiger partial charge in [0.05, 0.1) is 21.8 Å². The van der Waals surface area contributed by atoms with Crippen LogP contribution in [0.5, 0.6) is 17.2 Å². The molecule has 186 valence electrons. The predicted octanol–water partition coefficient (Wildman–Crippen LogP) is 2.03. The molecule has 0 aliphatic carbocycles. The Bertz CT molecular complexity index is 1520. The van der Waals surface area contributed by atoms with Crippen molar-refractivity contribution >= 4 is 33.2 Å². The van der Waals surface area contributed by atoms with Crippen LogP contribution in [0.1, 0.15) is 12.1 Å². The van der Waals surface area contributed by atoms with Crippen LogP contribution in [0.2, 0.25) is 10.0 Å². The minimum Gasteiger partial charge on any atom is -0.507 e. The summed E-state index contributed by atoms with van der Waals surface area (Å²) in [6.07, 6.45) is -4.05. The van der Waals surface area contributed by atoms with E-state index in [1.807, 2.05) is 0 Å². The highest BCUT2D eigenvalue weighted by atomic mass is 35.5. The van der Waals surface area contributed by atoms with Gasteiger partial charge in [-0.05, 0) is 24.3 Å². The maximum absolute atomic E-state index is 13.0. The number of aromatic nitrogens is 3. The average molecular weight is 551 g/mol. The summed E-state index contributed by atoms with van der Waals surface area (Å²) in [5.41, 5.74) is -3.82. The van der Waals surface area contributed by atoms with E-state index in [1.54, 1.807) is 4.98 Å². The van der Waals surface area contributed by atoms with Gasteiger partial charge < -0.3 is 14.9 Å². The Kier molecular flexibility index (Phi) is 6.59. The van der Waals surface area contributed by atoms with Gasteiger partial charge in [0.15, 0.2) is 11.4 Å². The fourth-order valence-electron chi connectivity index (χ4n) is 3.13. The number of hydrogen-bond donors (Lipinski definition) is 3. The van der Waals surface area contributed by atoms with Crippen LogP contribution in [0, 0.1) is 0 Å². The number of nitrogens with one attached hydrogen (secondary N) is 1. The highest BCUT2D eigenvalue weighted by Gasteiger charge is 2.37. The van der Waals surface area contributed by atoms with Crippen molar-refractivity contribution in [3.8, 4) is 22.9 Å². The number of H-pyrrole nitrogens is 1. The summed E-state index contributed by atoms with van der Waals surface area (Å²) in [5.74, 6) is -0.819. The lowest BCUT2D eigenvalue weighted by atomic mass is 10.2. The molecule has 1 fully saturated rings. The van der Waals surface area contributed by atoms with Crippen molar-refractivity contribution < 1.29 is 32.1 Å². The van der Waals surface area contributed by atoms with Crippen LogP contribution in [0.15, 0.2) is 44.8 Å². The minimum atomic E-state index is -4.12. The number of aromatic hydroxyl groups is 1. The zero-order valence-corrected chi connectivity index (χ0v) is 19.5. The summed E-state index contributed by atoms with van der Waals surface area (Å²) >= 11 is 12.4. The van der Waals surface area contributed by atoms with Gasteiger partial charge in [0, 0.05) is 19.2 Å². The largest absolute Gasteiger partial charge is 0.507 e. The zero-order valence-electron chi connectivity index (χ0n) is 17.2. The molecule has 0 saturated carbocycles. The van der Waals surface area contributed by atoms with E-state index in [0.29, 0.717) is 4.68 Å².